The van der Waals surface area contributed by atoms with Crippen molar-refractivity contribution in [1.29, 1.82) is 0 Å². The minimum Gasteiger partial charge on any atom is -0.480 e. The molecule has 0 aliphatic heterocycles. The standard InChI is InChI=1S/C25H26F2N2O5/c1-2-11-29(13-21(30)31)23(32)22-20(25(22,26)27)12-28-24(33)34-14-19-17-9-5-3-7-15(17)16-8-4-6-10-18(16)19/h3-10,19-20,22H,2,11-14H2,1H3,(H,28,33)(H,30,31). The fourth-order valence-electron chi connectivity index (χ4n) is 4.72. The number of carboxylic acid groups (broad SMARTS) is 1. The fourth-order valence-corrected chi connectivity index (χ4v) is 4.72. The van der Waals surface area contributed by atoms with Gasteiger partial charge in [0.05, 0.1) is 5.92 Å². The van der Waals surface area contributed by atoms with Gasteiger partial charge in [-0.05, 0) is 28.7 Å². The van der Waals surface area contributed by atoms with Crippen molar-refractivity contribution in [3.8, 4) is 11.1 Å². The molecule has 0 aromatic heterocycles. The van der Waals surface area contributed by atoms with Crippen LogP contribution in [-0.4, -0.2) is 60.1 Å². The molecule has 0 radical (unpaired) electrons. The van der Waals surface area contributed by atoms with E-state index in [0.29, 0.717) is 6.42 Å². The summed E-state index contributed by atoms with van der Waals surface area (Å²) in [7, 11) is 0. The number of hydrogen-bond donors (Lipinski definition) is 2. The van der Waals surface area contributed by atoms with Crippen LogP contribution in [0.2, 0.25) is 0 Å². The highest BCUT2D eigenvalue weighted by molar-refractivity contribution is 5.87. The average molecular weight is 472 g/mol. The molecule has 9 heteroatoms. The number of carbonyl (C=O) groups excluding carboxylic acids is 2. The van der Waals surface area contributed by atoms with Gasteiger partial charge in [0, 0.05) is 19.0 Å². The smallest absolute Gasteiger partial charge is 0.407 e. The monoisotopic (exact) mass is 472 g/mol. The number of alkyl carbamates (subject to hydrolysis) is 1. The van der Waals surface area contributed by atoms with Gasteiger partial charge in [0.1, 0.15) is 19.1 Å². The number of aliphatic carboxylic acids is 1. The predicted molar refractivity (Wildman–Crippen MR) is 120 cm³/mol. The molecule has 4 rings (SSSR count). The number of fused-ring (bicyclic) bond motifs is 3. The summed E-state index contributed by atoms with van der Waals surface area (Å²) in [6.45, 7) is 0.776. The van der Waals surface area contributed by atoms with Crippen molar-refractivity contribution in [2.45, 2.75) is 25.2 Å². The lowest BCUT2D eigenvalue weighted by molar-refractivity contribution is -0.146. The number of rotatable bonds is 9. The van der Waals surface area contributed by atoms with Gasteiger partial charge in [0.2, 0.25) is 5.91 Å². The summed E-state index contributed by atoms with van der Waals surface area (Å²) in [5.41, 5.74) is 4.21. The van der Waals surface area contributed by atoms with Crippen LogP contribution in [-0.2, 0) is 14.3 Å². The Morgan fingerprint density at radius 3 is 2.21 bits per heavy atom. The van der Waals surface area contributed by atoms with Gasteiger partial charge in [-0.15, -0.1) is 0 Å². The molecule has 2 aliphatic carbocycles. The Balaban J connectivity index is 1.33. The lowest BCUT2D eigenvalue weighted by Gasteiger charge is -2.19. The van der Waals surface area contributed by atoms with Crippen LogP contribution in [0.3, 0.4) is 0 Å². The van der Waals surface area contributed by atoms with Crippen LogP contribution in [0.1, 0.15) is 30.4 Å². The Hall–Kier alpha value is -3.49. The Bertz CT molecular complexity index is 1060. The molecular weight excluding hydrogens is 446 g/mol. The van der Waals surface area contributed by atoms with Crippen LogP contribution in [0.5, 0.6) is 0 Å². The number of halogens is 2. The van der Waals surface area contributed by atoms with E-state index in [4.69, 9.17) is 9.84 Å². The van der Waals surface area contributed by atoms with E-state index in [1.807, 2.05) is 48.5 Å². The number of carboxylic acids is 1. The molecule has 180 valence electrons. The van der Waals surface area contributed by atoms with Crippen molar-refractivity contribution in [2.75, 3.05) is 26.2 Å². The third kappa shape index (κ3) is 4.47. The molecule has 2 unspecified atom stereocenters. The molecule has 2 amide bonds. The van der Waals surface area contributed by atoms with E-state index in [2.05, 4.69) is 5.32 Å². The first-order valence-corrected chi connectivity index (χ1v) is 11.2. The zero-order valence-electron chi connectivity index (χ0n) is 18.7. The van der Waals surface area contributed by atoms with Crippen LogP contribution in [0.15, 0.2) is 48.5 Å². The number of amides is 2. The zero-order valence-corrected chi connectivity index (χ0v) is 18.7. The van der Waals surface area contributed by atoms with Crippen LogP contribution in [0, 0.1) is 11.8 Å². The molecule has 0 saturated heterocycles. The first-order chi connectivity index (χ1) is 16.3. The third-order valence-corrected chi connectivity index (χ3v) is 6.41. The summed E-state index contributed by atoms with van der Waals surface area (Å²) in [6.07, 6.45) is -0.397. The fraction of sp³-hybridized carbons (Fsp3) is 0.400. The molecule has 2 aromatic carbocycles. The van der Waals surface area contributed by atoms with Crippen LogP contribution in [0.4, 0.5) is 13.6 Å². The van der Waals surface area contributed by atoms with Crippen molar-refractivity contribution in [3.05, 3.63) is 59.7 Å². The van der Waals surface area contributed by atoms with Gasteiger partial charge < -0.3 is 20.1 Å². The van der Waals surface area contributed by atoms with Gasteiger partial charge in [0.15, 0.2) is 0 Å². The highest BCUT2D eigenvalue weighted by Crippen LogP contribution is 2.55. The number of benzene rings is 2. The normalized spacial score (nSPS) is 19.6. The summed E-state index contributed by atoms with van der Waals surface area (Å²) in [5.74, 6) is -8.68. The SMILES string of the molecule is CCCN(CC(=O)O)C(=O)C1C(CNC(=O)OCC2c3ccccc3-c3ccccc32)C1(F)F. The Kier molecular flexibility index (Phi) is 6.54. The molecule has 0 spiro atoms. The number of alkyl halides is 2. The quantitative estimate of drug-likeness (QED) is 0.580. The molecule has 2 atom stereocenters. The summed E-state index contributed by atoms with van der Waals surface area (Å²) in [6, 6.07) is 15.7. The van der Waals surface area contributed by atoms with E-state index in [-0.39, 0.29) is 19.1 Å². The average Bonchev–Trinajstić information content (AvgIpc) is 3.21. The summed E-state index contributed by atoms with van der Waals surface area (Å²) in [4.78, 5) is 36.6. The summed E-state index contributed by atoms with van der Waals surface area (Å²) < 4.78 is 33.9. The van der Waals surface area contributed by atoms with Crippen LogP contribution >= 0.6 is 0 Å². The maximum Gasteiger partial charge on any atom is 0.407 e. The molecule has 0 bridgehead atoms. The maximum absolute atomic E-state index is 14.3. The number of hydrogen-bond acceptors (Lipinski definition) is 4. The van der Waals surface area contributed by atoms with Gasteiger partial charge >= 0.3 is 12.1 Å². The molecule has 7 nitrogen and oxygen atoms in total. The highest BCUT2D eigenvalue weighted by atomic mass is 19.3. The van der Waals surface area contributed by atoms with Gasteiger partial charge in [0.25, 0.3) is 5.92 Å². The topological polar surface area (TPSA) is 95.9 Å². The predicted octanol–water partition coefficient (Wildman–Crippen LogP) is 3.73. The summed E-state index contributed by atoms with van der Waals surface area (Å²) >= 11 is 0. The van der Waals surface area contributed by atoms with E-state index >= 15 is 0 Å². The molecule has 2 N–H and O–H groups in total. The van der Waals surface area contributed by atoms with Crippen LogP contribution < -0.4 is 5.32 Å². The van der Waals surface area contributed by atoms with Crippen molar-refractivity contribution in [2.24, 2.45) is 11.8 Å². The van der Waals surface area contributed by atoms with E-state index < -0.39 is 48.8 Å². The van der Waals surface area contributed by atoms with Crippen molar-refractivity contribution in [3.63, 3.8) is 0 Å². The molecule has 34 heavy (non-hydrogen) atoms. The molecule has 2 aliphatic rings. The highest BCUT2D eigenvalue weighted by Gasteiger charge is 2.72. The van der Waals surface area contributed by atoms with Gasteiger partial charge in [-0.2, -0.15) is 0 Å². The largest absolute Gasteiger partial charge is 0.480 e. The van der Waals surface area contributed by atoms with E-state index in [0.717, 1.165) is 27.2 Å². The third-order valence-electron chi connectivity index (χ3n) is 6.41. The van der Waals surface area contributed by atoms with Gasteiger partial charge in [-0.1, -0.05) is 55.5 Å². The van der Waals surface area contributed by atoms with E-state index in [1.54, 1.807) is 6.92 Å². The van der Waals surface area contributed by atoms with Crippen LogP contribution in [0.25, 0.3) is 11.1 Å². The lowest BCUT2D eigenvalue weighted by atomic mass is 9.98. The Morgan fingerprint density at radius 1 is 1.06 bits per heavy atom. The second-order valence-corrected chi connectivity index (χ2v) is 8.62. The maximum atomic E-state index is 14.3. The minimum atomic E-state index is -3.31. The van der Waals surface area contributed by atoms with Gasteiger partial charge in [-0.25, -0.2) is 13.6 Å². The molecule has 1 fully saturated rings. The zero-order chi connectivity index (χ0) is 24.5. The molecule has 1 saturated carbocycles. The van der Waals surface area contributed by atoms with E-state index in [9.17, 15) is 23.2 Å². The van der Waals surface area contributed by atoms with Crippen molar-refractivity contribution >= 4 is 18.0 Å². The first kappa shape index (κ1) is 23.7. The first-order valence-electron chi connectivity index (χ1n) is 11.2. The number of ether oxygens (including phenoxy) is 1. The van der Waals surface area contributed by atoms with Gasteiger partial charge in [-0.3, -0.25) is 9.59 Å². The Labute approximate surface area is 195 Å². The number of carbonyl (C=O) groups is 3. The van der Waals surface area contributed by atoms with Crippen molar-refractivity contribution in [1.82, 2.24) is 10.2 Å². The minimum absolute atomic E-state index is 0.0478. The van der Waals surface area contributed by atoms with E-state index in [1.165, 1.54) is 0 Å². The molecule has 2 aromatic rings. The number of nitrogens with zero attached hydrogens (tertiary/aromatic N) is 1. The second kappa shape index (κ2) is 9.40. The van der Waals surface area contributed by atoms with Crippen molar-refractivity contribution < 1.29 is 33.0 Å². The molecular formula is C25H26F2N2O5. The second-order valence-electron chi connectivity index (χ2n) is 8.62. The number of nitrogens with one attached hydrogen (secondary N) is 1. The lowest BCUT2D eigenvalue weighted by Crippen LogP contribution is -2.38. The summed E-state index contributed by atoms with van der Waals surface area (Å²) in [5, 5.41) is 11.3. The molecule has 0 heterocycles. The Morgan fingerprint density at radius 2 is 1.65 bits per heavy atom.